The first-order valence-corrected chi connectivity index (χ1v) is 4.15. The van der Waals surface area contributed by atoms with Gasteiger partial charge in [-0.05, 0) is 28.1 Å². The van der Waals surface area contributed by atoms with Gasteiger partial charge in [0.1, 0.15) is 5.75 Å². The third kappa shape index (κ3) is 1.92. The number of ether oxygens (including phenoxy) is 1. The van der Waals surface area contributed by atoms with Gasteiger partial charge in [-0.1, -0.05) is 6.07 Å². The predicted molar refractivity (Wildman–Crippen MR) is 50.7 cm³/mol. The molecule has 0 atom stereocenters. The molecule has 1 aromatic rings. The van der Waals surface area contributed by atoms with E-state index in [1.54, 1.807) is 19.2 Å². The molecule has 0 aliphatic rings. The van der Waals surface area contributed by atoms with Crippen LogP contribution in [-0.2, 0) is 0 Å². The largest absolute Gasteiger partial charge is 0.536 e. The van der Waals surface area contributed by atoms with Crippen molar-refractivity contribution in [2.24, 2.45) is 0 Å². The van der Waals surface area contributed by atoms with Gasteiger partial charge in [-0.25, -0.2) is 0 Å². The SMILES string of the molecule is COc1c(Br)cccc1OBO. The summed E-state index contributed by atoms with van der Waals surface area (Å²) >= 11 is 3.29. The first-order valence-electron chi connectivity index (χ1n) is 3.35. The molecule has 0 spiro atoms. The van der Waals surface area contributed by atoms with Gasteiger partial charge in [-0.15, -0.1) is 0 Å². The molecule has 0 radical (unpaired) electrons. The molecule has 0 aromatic heterocycles. The fraction of sp³-hybridized carbons (Fsp3) is 0.143. The van der Waals surface area contributed by atoms with Crippen LogP contribution in [0.4, 0.5) is 0 Å². The average molecular weight is 231 g/mol. The van der Waals surface area contributed by atoms with Crippen LogP contribution in [0.1, 0.15) is 0 Å². The summed E-state index contributed by atoms with van der Waals surface area (Å²) in [7, 11) is 1.19. The summed E-state index contributed by atoms with van der Waals surface area (Å²) in [6, 6.07) is 5.36. The van der Waals surface area contributed by atoms with Crippen LogP contribution in [0.3, 0.4) is 0 Å². The lowest BCUT2D eigenvalue weighted by molar-refractivity contribution is 0.379. The van der Waals surface area contributed by atoms with Crippen LogP contribution in [0.25, 0.3) is 0 Å². The summed E-state index contributed by atoms with van der Waals surface area (Å²) in [4.78, 5) is 0. The Morgan fingerprint density at radius 3 is 2.83 bits per heavy atom. The number of hydrogen-bond acceptors (Lipinski definition) is 3. The van der Waals surface area contributed by atoms with E-state index in [9.17, 15) is 0 Å². The molecule has 3 nitrogen and oxygen atoms in total. The molecule has 1 N–H and O–H groups in total. The van der Waals surface area contributed by atoms with Gasteiger partial charge >= 0.3 is 7.69 Å². The molecule has 64 valence electrons. The molecule has 1 rings (SSSR count). The highest BCUT2D eigenvalue weighted by atomic mass is 79.9. The van der Waals surface area contributed by atoms with E-state index in [-0.39, 0.29) is 7.69 Å². The Hall–Kier alpha value is -0.675. The Balaban J connectivity index is 3.00. The second-order valence-corrected chi connectivity index (χ2v) is 2.90. The number of halogens is 1. The first kappa shape index (κ1) is 9.41. The number of hydrogen-bond donors (Lipinski definition) is 1. The maximum absolute atomic E-state index is 8.54. The highest BCUT2D eigenvalue weighted by Gasteiger charge is 2.06. The van der Waals surface area contributed by atoms with Crippen LogP contribution in [0.2, 0.25) is 0 Å². The minimum atomic E-state index is -0.354. The van der Waals surface area contributed by atoms with E-state index in [4.69, 9.17) is 14.4 Å². The lowest BCUT2D eigenvalue weighted by Gasteiger charge is -2.09. The van der Waals surface area contributed by atoms with Crippen molar-refractivity contribution in [1.82, 2.24) is 0 Å². The molecule has 0 aliphatic carbocycles. The molecule has 0 unspecified atom stereocenters. The second-order valence-electron chi connectivity index (χ2n) is 2.04. The van der Waals surface area contributed by atoms with Gasteiger partial charge in [-0.2, -0.15) is 0 Å². The Bertz CT molecular complexity index is 267. The van der Waals surface area contributed by atoms with Crippen LogP contribution >= 0.6 is 15.9 Å². The highest BCUT2D eigenvalue weighted by Crippen LogP contribution is 2.34. The first-order chi connectivity index (χ1) is 5.79. The van der Waals surface area contributed by atoms with E-state index < -0.39 is 0 Å². The number of para-hydroxylation sites is 1. The summed E-state index contributed by atoms with van der Waals surface area (Å²) in [6.07, 6.45) is 0. The second kappa shape index (κ2) is 4.38. The molecule has 0 aliphatic heterocycles. The minimum absolute atomic E-state index is 0.354. The van der Waals surface area contributed by atoms with Gasteiger partial charge in [-0.3, -0.25) is 0 Å². The fourth-order valence-corrected chi connectivity index (χ4v) is 1.38. The van der Waals surface area contributed by atoms with Crippen molar-refractivity contribution in [3.63, 3.8) is 0 Å². The molecule has 0 heterocycles. The molecule has 0 bridgehead atoms. The van der Waals surface area contributed by atoms with E-state index >= 15 is 0 Å². The molecule has 1 aromatic carbocycles. The Morgan fingerprint density at radius 2 is 2.25 bits per heavy atom. The Kier molecular flexibility index (Phi) is 3.43. The Labute approximate surface area is 79.7 Å². The maximum Gasteiger partial charge on any atom is 0.504 e. The third-order valence-corrected chi connectivity index (χ3v) is 1.98. The quantitative estimate of drug-likeness (QED) is 0.791. The molecule has 0 amide bonds. The van der Waals surface area contributed by atoms with Crippen LogP contribution in [0.5, 0.6) is 11.5 Å². The van der Waals surface area contributed by atoms with Crippen molar-refractivity contribution >= 4 is 23.6 Å². The zero-order valence-electron chi connectivity index (χ0n) is 6.58. The number of benzene rings is 1. The third-order valence-electron chi connectivity index (χ3n) is 1.36. The highest BCUT2D eigenvalue weighted by molar-refractivity contribution is 9.10. The summed E-state index contributed by atoms with van der Waals surface area (Å²) in [6.45, 7) is 0. The zero-order valence-corrected chi connectivity index (χ0v) is 8.17. The smallest absolute Gasteiger partial charge is 0.504 e. The molecule has 0 saturated heterocycles. The standard InChI is InChI=1S/C7H8BBrO3/c1-11-7-5(9)3-2-4-6(7)12-8-10/h2-4,8,10H,1H3. The lowest BCUT2D eigenvalue weighted by atomic mass is 10.3. The van der Waals surface area contributed by atoms with E-state index in [0.717, 1.165) is 4.47 Å². The Morgan fingerprint density at radius 1 is 1.50 bits per heavy atom. The number of rotatable bonds is 3. The molecule has 12 heavy (non-hydrogen) atoms. The maximum atomic E-state index is 8.54. The van der Waals surface area contributed by atoms with Gasteiger partial charge < -0.3 is 14.4 Å². The van der Waals surface area contributed by atoms with Crippen molar-refractivity contribution in [3.05, 3.63) is 22.7 Å². The minimum Gasteiger partial charge on any atom is -0.536 e. The van der Waals surface area contributed by atoms with Crippen LogP contribution in [0, 0.1) is 0 Å². The topological polar surface area (TPSA) is 38.7 Å². The van der Waals surface area contributed by atoms with Gasteiger partial charge in [0.25, 0.3) is 0 Å². The predicted octanol–water partition coefficient (Wildman–Crippen LogP) is 1.10. The number of methoxy groups -OCH3 is 1. The molecular weight excluding hydrogens is 223 g/mol. The summed E-state index contributed by atoms with van der Waals surface area (Å²) < 4.78 is 10.8. The summed E-state index contributed by atoms with van der Waals surface area (Å²) in [5.41, 5.74) is 0. The van der Waals surface area contributed by atoms with E-state index in [1.807, 2.05) is 6.07 Å². The van der Waals surface area contributed by atoms with Crippen molar-refractivity contribution in [2.75, 3.05) is 7.11 Å². The van der Waals surface area contributed by atoms with Crippen molar-refractivity contribution in [1.29, 1.82) is 0 Å². The van der Waals surface area contributed by atoms with Crippen molar-refractivity contribution in [3.8, 4) is 11.5 Å². The van der Waals surface area contributed by atoms with E-state index in [1.165, 1.54) is 0 Å². The van der Waals surface area contributed by atoms with Gasteiger partial charge in [0.05, 0.1) is 11.6 Å². The normalized spacial score (nSPS) is 9.25. The molecule has 5 heteroatoms. The monoisotopic (exact) mass is 230 g/mol. The lowest BCUT2D eigenvalue weighted by Crippen LogP contribution is -2.01. The fourth-order valence-electron chi connectivity index (χ4n) is 0.870. The molecular formula is C7H8BBrO3. The van der Waals surface area contributed by atoms with Gasteiger partial charge in [0.2, 0.25) is 0 Å². The molecule has 0 saturated carbocycles. The van der Waals surface area contributed by atoms with Gasteiger partial charge in [0.15, 0.2) is 5.75 Å². The van der Waals surface area contributed by atoms with Crippen LogP contribution in [0.15, 0.2) is 22.7 Å². The van der Waals surface area contributed by atoms with Crippen molar-refractivity contribution < 1.29 is 14.4 Å². The average Bonchev–Trinajstić information content (AvgIpc) is 2.05. The van der Waals surface area contributed by atoms with Crippen molar-refractivity contribution in [2.45, 2.75) is 0 Å². The van der Waals surface area contributed by atoms with E-state index in [2.05, 4.69) is 15.9 Å². The van der Waals surface area contributed by atoms with Gasteiger partial charge in [0, 0.05) is 0 Å². The zero-order chi connectivity index (χ0) is 8.97. The van der Waals surface area contributed by atoms with E-state index in [0.29, 0.717) is 11.5 Å². The van der Waals surface area contributed by atoms with Crippen LogP contribution < -0.4 is 9.39 Å². The molecule has 0 fully saturated rings. The van der Waals surface area contributed by atoms with Crippen LogP contribution in [-0.4, -0.2) is 19.8 Å². The summed E-state index contributed by atoms with van der Waals surface area (Å²) in [5, 5.41) is 8.54. The summed E-state index contributed by atoms with van der Waals surface area (Å²) in [5.74, 6) is 1.11.